The Kier molecular flexibility index (Phi) is 13.1. The Balaban J connectivity index is 1.50. The third-order valence-electron chi connectivity index (χ3n) is 11.1. The summed E-state index contributed by atoms with van der Waals surface area (Å²) in [5.74, 6) is -2.46. The van der Waals surface area contributed by atoms with Gasteiger partial charge in [0.15, 0.2) is 0 Å². The molecule has 0 spiro atoms. The Labute approximate surface area is 343 Å². The van der Waals surface area contributed by atoms with E-state index in [2.05, 4.69) is 33.3 Å². The van der Waals surface area contributed by atoms with E-state index in [1.807, 2.05) is 44.3 Å². The zero-order chi connectivity index (χ0) is 42.8. The number of ether oxygens (including phenoxy) is 2. The summed E-state index contributed by atoms with van der Waals surface area (Å²) >= 11 is 0. The number of phenols is 1. The number of rotatable bonds is 9. The second-order valence-electron chi connectivity index (χ2n) is 16.9. The van der Waals surface area contributed by atoms with Crippen LogP contribution in [0.25, 0.3) is 33.3 Å². The summed E-state index contributed by atoms with van der Waals surface area (Å²) in [7, 11) is 2.88. The Hall–Kier alpha value is -4.99. The fourth-order valence-electron chi connectivity index (χ4n) is 8.58. The first-order valence-electron chi connectivity index (χ1n) is 20.1. The quantitative estimate of drug-likeness (QED) is 0.164. The number of amides is 2. The van der Waals surface area contributed by atoms with E-state index in [0.717, 1.165) is 43.8 Å². The SMILES string of the molecule is CCn1c(-c2cnccc2COC)c2c3cc(ccc31)-c1cc(O)cc(c1)C[C@H](NC(=O)[C@H](C(C)C)N(C)CC(F)(F)F)C(=O)N1CCC[C@H](N1)C(=O)OCC(C)(C)C2. The Morgan fingerprint density at radius 3 is 2.61 bits per heavy atom. The van der Waals surface area contributed by atoms with Gasteiger partial charge in [-0.05, 0) is 97.3 Å². The number of fused-ring (bicyclic) bond motifs is 6. The molecule has 59 heavy (non-hydrogen) atoms. The molecule has 3 atom stereocenters. The number of hydrazine groups is 1. The lowest BCUT2D eigenvalue weighted by Crippen LogP contribution is -2.62. The molecule has 0 saturated carbocycles. The number of carbonyl (C=O) groups is 3. The molecule has 2 aliphatic heterocycles. The maximum absolute atomic E-state index is 14.4. The molecular weight excluding hydrogens is 766 g/mol. The number of hydrogen-bond acceptors (Lipinski definition) is 9. The first-order valence-corrected chi connectivity index (χ1v) is 20.1. The van der Waals surface area contributed by atoms with Crippen LogP contribution in [0.5, 0.6) is 5.75 Å². The zero-order valence-electron chi connectivity index (χ0n) is 34.8. The molecule has 15 heteroatoms. The van der Waals surface area contributed by atoms with Crippen LogP contribution in [-0.4, -0.2) is 101 Å². The number of nitrogens with one attached hydrogen (secondary N) is 2. The molecular formula is C44H55F3N6O6. The highest BCUT2D eigenvalue weighted by Gasteiger charge is 2.39. The van der Waals surface area contributed by atoms with E-state index in [1.54, 1.807) is 33.2 Å². The highest BCUT2D eigenvalue weighted by Crippen LogP contribution is 2.41. The third kappa shape index (κ3) is 9.90. The maximum Gasteiger partial charge on any atom is 0.401 e. The fourth-order valence-corrected chi connectivity index (χ4v) is 8.58. The smallest absolute Gasteiger partial charge is 0.401 e. The molecule has 1 fully saturated rings. The topological polar surface area (TPSA) is 138 Å². The standard InChI is InChI=1S/C44H55F3N6O6/c1-8-52-37-12-11-28-20-32(37)33(39(52)34-22-48-14-13-29(34)23-58-7)21-43(4,5)25-59-42(57)35-10-9-15-53(50-35)41(56)36(18-27-16-30(28)19-31(54)17-27)49-40(55)38(26(2)3)51(6)24-44(45,46)47/h11-14,16-17,19-20,22,26,35-36,38,50,54H,8-10,15,18,21,23-25H2,1-7H3,(H,49,55)/t35-,36-,38-/m0/s1. The van der Waals surface area contributed by atoms with Crippen molar-refractivity contribution in [1.82, 2.24) is 30.2 Å². The number of aromatic hydroxyl groups is 1. The van der Waals surface area contributed by atoms with Crippen molar-refractivity contribution in [1.29, 1.82) is 0 Å². The number of esters is 1. The van der Waals surface area contributed by atoms with Crippen LogP contribution in [0.1, 0.15) is 64.2 Å². The van der Waals surface area contributed by atoms with Gasteiger partial charge in [0.05, 0.1) is 31.5 Å². The summed E-state index contributed by atoms with van der Waals surface area (Å²) in [4.78, 5) is 47.4. The van der Waals surface area contributed by atoms with Gasteiger partial charge in [0, 0.05) is 60.9 Å². The molecule has 2 amide bonds. The molecule has 4 aromatic rings. The van der Waals surface area contributed by atoms with Crippen molar-refractivity contribution in [3.05, 3.63) is 71.5 Å². The summed E-state index contributed by atoms with van der Waals surface area (Å²) in [6, 6.07) is 9.67. The number of likely N-dealkylation sites (N-methyl/N-ethyl adjacent to an activating group) is 1. The van der Waals surface area contributed by atoms with E-state index >= 15 is 0 Å². The molecule has 1 saturated heterocycles. The van der Waals surface area contributed by atoms with E-state index in [-0.39, 0.29) is 25.3 Å². The maximum atomic E-state index is 14.4. The van der Waals surface area contributed by atoms with Gasteiger partial charge in [-0.3, -0.25) is 29.3 Å². The minimum atomic E-state index is -4.55. The van der Waals surface area contributed by atoms with Gasteiger partial charge >= 0.3 is 12.1 Å². The first kappa shape index (κ1) is 43.6. The molecule has 4 heterocycles. The van der Waals surface area contributed by atoms with Crippen LogP contribution < -0.4 is 10.7 Å². The second-order valence-corrected chi connectivity index (χ2v) is 16.9. The number of pyridine rings is 1. The molecule has 2 aromatic carbocycles. The molecule has 3 N–H and O–H groups in total. The molecule has 6 rings (SSSR count). The number of cyclic esters (lactones) is 1. The Bertz CT molecular complexity index is 2190. The zero-order valence-corrected chi connectivity index (χ0v) is 34.8. The van der Waals surface area contributed by atoms with Crippen molar-refractivity contribution in [3.8, 4) is 28.1 Å². The number of phenolic OH excluding ortho intramolecular Hbond substituents is 1. The molecule has 6 bridgehead atoms. The van der Waals surface area contributed by atoms with Crippen LogP contribution >= 0.6 is 0 Å². The number of benzene rings is 2. The molecule has 318 valence electrons. The monoisotopic (exact) mass is 820 g/mol. The molecule has 12 nitrogen and oxygen atoms in total. The van der Waals surface area contributed by atoms with Gasteiger partial charge in [0.25, 0.3) is 5.91 Å². The van der Waals surface area contributed by atoms with Crippen LogP contribution in [0.3, 0.4) is 0 Å². The average Bonchev–Trinajstić information content (AvgIpc) is 3.46. The molecule has 2 aliphatic rings. The summed E-state index contributed by atoms with van der Waals surface area (Å²) in [6.45, 7) is 9.43. The minimum absolute atomic E-state index is 0.0684. The highest BCUT2D eigenvalue weighted by atomic mass is 19.4. The predicted octanol–water partition coefficient (Wildman–Crippen LogP) is 6.41. The van der Waals surface area contributed by atoms with Crippen LogP contribution in [0, 0.1) is 11.3 Å². The molecule has 0 aliphatic carbocycles. The minimum Gasteiger partial charge on any atom is -0.508 e. The number of aromatic nitrogens is 2. The van der Waals surface area contributed by atoms with E-state index in [4.69, 9.17) is 9.47 Å². The van der Waals surface area contributed by atoms with E-state index in [0.29, 0.717) is 43.5 Å². The number of nitrogens with zero attached hydrogens (tertiary/aromatic N) is 4. The van der Waals surface area contributed by atoms with E-state index in [9.17, 15) is 32.7 Å². The normalized spacial score (nSPS) is 19.5. The van der Waals surface area contributed by atoms with Gasteiger partial charge in [-0.2, -0.15) is 13.2 Å². The van der Waals surface area contributed by atoms with Gasteiger partial charge in [-0.15, -0.1) is 0 Å². The largest absolute Gasteiger partial charge is 0.508 e. The summed E-state index contributed by atoms with van der Waals surface area (Å²) < 4.78 is 54.3. The van der Waals surface area contributed by atoms with Gasteiger partial charge in [0.2, 0.25) is 5.91 Å². The van der Waals surface area contributed by atoms with Gasteiger partial charge in [0.1, 0.15) is 17.8 Å². The van der Waals surface area contributed by atoms with E-state index < -0.39 is 60.0 Å². The third-order valence-corrected chi connectivity index (χ3v) is 11.1. The summed E-state index contributed by atoms with van der Waals surface area (Å²) in [5, 5.41) is 16.1. The Morgan fingerprint density at radius 2 is 1.92 bits per heavy atom. The number of hydrogen-bond donors (Lipinski definition) is 3. The number of halogens is 3. The first-order chi connectivity index (χ1) is 27.9. The van der Waals surface area contributed by atoms with Crippen molar-refractivity contribution in [3.63, 3.8) is 0 Å². The summed E-state index contributed by atoms with van der Waals surface area (Å²) in [5.41, 5.74) is 9.28. The van der Waals surface area contributed by atoms with Crippen molar-refractivity contribution in [2.24, 2.45) is 11.3 Å². The van der Waals surface area contributed by atoms with E-state index in [1.165, 1.54) is 18.1 Å². The van der Waals surface area contributed by atoms with Crippen molar-refractivity contribution in [2.75, 3.05) is 33.9 Å². The average molecular weight is 821 g/mol. The number of methoxy groups -OCH3 is 1. The molecule has 0 unspecified atom stereocenters. The lowest BCUT2D eigenvalue weighted by Gasteiger charge is -2.36. The fraction of sp³-hybridized carbons (Fsp3) is 0.500. The molecule has 2 aromatic heterocycles. The van der Waals surface area contributed by atoms with Crippen molar-refractivity contribution >= 4 is 28.7 Å². The number of aryl methyl sites for hydroxylation is 1. The number of carbonyl (C=O) groups excluding carboxylic acids is 3. The van der Waals surface area contributed by atoms with Crippen LogP contribution in [-0.2, 0) is 49.9 Å². The lowest BCUT2D eigenvalue weighted by molar-refractivity contribution is -0.158. The van der Waals surface area contributed by atoms with Crippen molar-refractivity contribution < 1.29 is 42.1 Å². The lowest BCUT2D eigenvalue weighted by atomic mass is 9.84. The van der Waals surface area contributed by atoms with Gasteiger partial charge in [-0.25, -0.2) is 5.43 Å². The molecule has 0 radical (unpaired) electrons. The van der Waals surface area contributed by atoms with Crippen LogP contribution in [0.4, 0.5) is 13.2 Å². The summed E-state index contributed by atoms with van der Waals surface area (Å²) in [6.07, 6.45) is 0.309. The van der Waals surface area contributed by atoms with Crippen molar-refractivity contribution in [2.45, 2.75) is 97.8 Å². The van der Waals surface area contributed by atoms with Crippen LogP contribution in [0.2, 0.25) is 0 Å². The van der Waals surface area contributed by atoms with Crippen LogP contribution in [0.15, 0.2) is 54.9 Å². The highest BCUT2D eigenvalue weighted by molar-refractivity contribution is 5.95. The van der Waals surface area contributed by atoms with Gasteiger partial charge in [-0.1, -0.05) is 39.8 Å². The number of alkyl halides is 3. The van der Waals surface area contributed by atoms with Gasteiger partial charge < -0.3 is 24.5 Å². The second kappa shape index (κ2) is 17.7. The Morgan fingerprint density at radius 1 is 1.15 bits per heavy atom. The predicted molar refractivity (Wildman–Crippen MR) is 218 cm³/mol.